The Morgan fingerprint density at radius 3 is 2.26 bits per heavy atom. The number of carbonyl (C=O) groups is 1. The minimum atomic E-state index is -0.175. The summed E-state index contributed by atoms with van der Waals surface area (Å²) in [6.07, 6.45) is 0.777. The molecule has 5 heteroatoms. The van der Waals surface area contributed by atoms with Crippen molar-refractivity contribution < 1.29 is 4.79 Å². The number of nitrogens with one attached hydrogen (secondary N) is 2. The second kappa shape index (κ2) is 8.08. The van der Waals surface area contributed by atoms with Crippen LogP contribution in [-0.4, -0.2) is 17.1 Å². The van der Waals surface area contributed by atoms with E-state index in [4.69, 9.17) is 0 Å². The molecule has 1 atom stereocenters. The molecule has 0 aliphatic carbocycles. The lowest BCUT2D eigenvalue weighted by Crippen LogP contribution is -2.35. The summed E-state index contributed by atoms with van der Waals surface area (Å²) in [6.45, 7) is 6.35. The first-order chi connectivity index (χ1) is 13.1. The number of rotatable bonds is 6. The quantitative estimate of drug-likeness (QED) is 0.701. The molecule has 0 radical (unpaired) electrons. The van der Waals surface area contributed by atoms with E-state index in [1.165, 1.54) is 4.68 Å². The zero-order valence-corrected chi connectivity index (χ0v) is 16.0. The van der Waals surface area contributed by atoms with Crippen molar-refractivity contribution in [3.8, 4) is 0 Å². The van der Waals surface area contributed by atoms with Crippen molar-refractivity contribution in [3.63, 3.8) is 0 Å². The summed E-state index contributed by atoms with van der Waals surface area (Å²) in [5, 5.41) is 4.34. The van der Waals surface area contributed by atoms with Gasteiger partial charge in [-0.3, -0.25) is 9.59 Å². The van der Waals surface area contributed by atoms with Gasteiger partial charge in [0.2, 0.25) is 0 Å². The molecule has 3 aromatic rings. The van der Waals surface area contributed by atoms with Crippen LogP contribution in [0.25, 0.3) is 10.8 Å². The Bertz CT molecular complexity index is 1010. The van der Waals surface area contributed by atoms with Crippen LogP contribution < -0.4 is 16.3 Å². The zero-order valence-electron chi connectivity index (χ0n) is 16.0. The van der Waals surface area contributed by atoms with Crippen LogP contribution in [0.3, 0.4) is 0 Å². The SMILES string of the molecule is CCNn1c(C)c(C(=O)N[C@@H](CC)c2ccccc2)c2ccccc2c1=O. The van der Waals surface area contributed by atoms with Crippen molar-refractivity contribution in [2.75, 3.05) is 12.0 Å². The lowest BCUT2D eigenvalue weighted by molar-refractivity contribution is 0.0936. The normalized spacial score (nSPS) is 12.0. The second-order valence-electron chi connectivity index (χ2n) is 6.50. The van der Waals surface area contributed by atoms with Crippen LogP contribution in [0.5, 0.6) is 0 Å². The maximum atomic E-state index is 13.2. The van der Waals surface area contributed by atoms with Crippen LogP contribution >= 0.6 is 0 Å². The average Bonchev–Trinajstić information content (AvgIpc) is 2.70. The highest BCUT2D eigenvalue weighted by molar-refractivity contribution is 6.07. The van der Waals surface area contributed by atoms with Gasteiger partial charge in [-0.05, 0) is 31.9 Å². The van der Waals surface area contributed by atoms with Gasteiger partial charge in [0, 0.05) is 17.3 Å². The zero-order chi connectivity index (χ0) is 19.4. The van der Waals surface area contributed by atoms with Crippen LogP contribution in [0, 0.1) is 6.92 Å². The number of hydrogen-bond donors (Lipinski definition) is 2. The number of fused-ring (bicyclic) bond motifs is 1. The molecule has 0 saturated carbocycles. The van der Waals surface area contributed by atoms with Crippen molar-refractivity contribution in [2.24, 2.45) is 0 Å². The minimum Gasteiger partial charge on any atom is -0.345 e. The molecule has 0 spiro atoms. The summed E-state index contributed by atoms with van der Waals surface area (Å²) in [5.41, 5.74) is 5.12. The van der Waals surface area contributed by atoms with E-state index in [0.29, 0.717) is 28.6 Å². The van der Waals surface area contributed by atoms with E-state index < -0.39 is 0 Å². The molecule has 0 bridgehead atoms. The lowest BCUT2D eigenvalue weighted by atomic mass is 10.0. The molecule has 5 nitrogen and oxygen atoms in total. The van der Waals surface area contributed by atoms with Gasteiger partial charge < -0.3 is 10.7 Å². The third kappa shape index (κ3) is 3.58. The number of hydrogen-bond acceptors (Lipinski definition) is 3. The first-order valence-corrected chi connectivity index (χ1v) is 9.32. The van der Waals surface area contributed by atoms with E-state index in [9.17, 15) is 9.59 Å². The number of aromatic nitrogens is 1. The number of amides is 1. The first kappa shape index (κ1) is 18.7. The molecule has 1 aromatic heterocycles. The molecule has 0 fully saturated rings. The van der Waals surface area contributed by atoms with Gasteiger partial charge in [0.1, 0.15) is 0 Å². The van der Waals surface area contributed by atoms with E-state index in [1.807, 2.05) is 62.4 Å². The number of carbonyl (C=O) groups excluding carboxylic acids is 1. The summed E-state index contributed by atoms with van der Waals surface area (Å²) in [5.74, 6) is -0.175. The van der Waals surface area contributed by atoms with Gasteiger partial charge in [-0.25, -0.2) is 4.68 Å². The molecular formula is C22H25N3O2. The Morgan fingerprint density at radius 1 is 1.00 bits per heavy atom. The van der Waals surface area contributed by atoms with Crippen LogP contribution in [0.4, 0.5) is 0 Å². The molecule has 27 heavy (non-hydrogen) atoms. The van der Waals surface area contributed by atoms with Crippen LogP contribution in [0.2, 0.25) is 0 Å². The van der Waals surface area contributed by atoms with Crippen molar-refractivity contribution in [3.05, 3.63) is 81.8 Å². The summed E-state index contributed by atoms with van der Waals surface area (Å²) < 4.78 is 1.47. The van der Waals surface area contributed by atoms with E-state index >= 15 is 0 Å². The van der Waals surface area contributed by atoms with Crippen LogP contribution in [0.15, 0.2) is 59.4 Å². The standard InChI is InChI=1S/C22H25N3O2/c1-4-19(16-11-7-6-8-12-16)24-21(26)20-15(3)25(23-5-2)22(27)18-14-10-9-13-17(18)20/h6-14,19,23H,4-5H2,1-3H3,(H,24,26)/t19-/m0/s1. The topological polar surface area (TPSA) is 63.1 Å². The molecule has 0 aliphatic rings. The molecule has 2 aromatic carbocycles. The molecule has 2 N–H and O–H groups in total. The van der Waals surface area contributed by atoms with E-state index in [-0.39, 0.29) is 17.5 Å². The summed E-state index contributed by atoms with van der Waals surface area (Å²) in [6, 6.07) is 17.1. The molecule has 0 saturated heterocycles. The molecule has 0 unspecified atom stereocenters. The van der Waals surface area contributed by atoms with Crippen LogP contribution in [0.1, 0.15) is 47.9 Å². The molecule has 140 valence electrons. The summed E-state index contributed by atoms with van der Waals surface area (Å²) >= 11 is 0. The predicted molar refractivity (Wildman–Crippen MR) is 110 cm³/mol. The number of pyridine rings is 1. The van der Waals surface area contributed by atoms with Crippen molar-refractivity contribution in [2.45, 2.75) is 33.2 Å². The van der Waals surface area contributed by atoms with Gasteiger partial charge in [0.15, 0.2) is 0 Å². The molecular weight excluding hydrogens is 338 g/mol. The fourth-order valence-corrected chi connectivity index (χ4v) is 3.44. The highest BCUT2D eigenvalue weighted by Gasteiger charge is 2.21. The molecule has 1 amide bonds. The fourth-order valence-electron chi connectivity index (χ4n) is 3.44. The fraction of sp³-hybridized carbons (Fsp3) is 0.273. The lowest BCUT2D eigenvalue weighted by Gasteiger charge is -2.21. The Balaban J connectivity index is 2.10. The smallest absolute Gasteiger partial charge is 0.276 e. The van der Waals surface area contributed by atoms with E-state index in [2.05, 4.69) is 10.7 Å². The van der Waals surface area contributed by atoms with E-state index in [1.54, 1.807) is 13.0 Å². The van der Waals surface area contributed by atoms with Crippen molar-refractivity contribution in [1.82, 2.24) is 9.99 Å². The highest BCUT2D eigenvalue weighted by Crippen LogP contribution is 2.22. The van der Waals surface area contributed by atoms with Crippen LogP contribution in [-0.2, 0) is 0 Å². The second-order valence-corrected chi connectivity index (χ2v) is 6.50. The maximum Gasteiger partial charge on any atom is 0.276 e. The Kier molecular flexibility index (Phi) is 5.60. The Morgan fingerprint density at radius 2 is 1.63 bits per heavy atom. The Hall–Kier alpha value is -3.08. The molecule has 3 rings (SSSR count). The summed E-state index contributed by atoms with van der Waals surface area (Å²) in [7, 11) is 0. The third-order valence-electron chi connectivity index (χ3n) is 4.79. The third-order valence-corrected chi connectivity index (χ3v) is 4.79. The summed E-state index contributed by atoms with van der Waals surface area (Å²) in [4.78, 5) is 26.0. The highest BCUT2D eigenvalue weighted by atomic mass is 16.2. The molecule has 1 heterocycles. The number of nitrogens with zero attached hydrogens (tertiary/aromatic N) is 1. The minimum absolute atomic E-state index is 0.0867. The first-order valence-electron chi connectivity index (χ1n) is 9.32. The van der Waals surface area contributed by atoms with Crippen molar-refractivity contribution >= 4 is 16.7 Å². The Labute approximate surface area is 159 Å². The van der Waals surface area contributed by atoms with Gasteiger partial charge in [-0.15, -0.1) is 0 Å². The average molecular weight is 363 g/mol. The monoisotopic (exact) mass is 363 g/mol. The van der Waals surface area contributed by atoms with Gasteiger partial charge in [-0.1, -0.05) is 55.5 Å². The van der Waals surface area contributed by atoms with Gasteiger partial charge >= 0.3 is 0 Å². The van der Waals surface area contributed by atoms with Gasteiger partial charge in [-0.2, -0.15) is 0 Å². The predicted octanol–water partition coefficient (Wildman–Crippen LogP) is 3.75. The number of benzene rings is 2. The van der Waals surface area contributed by atoms with Crippen molar-refractivity contribution in [1.29, 1.82) is 0 Å². The van der Waals surface area contributed by atoms with E-state index in [0.717, 1.165) is 12.0 Å². The maximum absolute atomic E-state index is 13.2. The van der Waals surface area contributed by atoms with Gasteiger partial charge in [0.05, 0.1) is 17.3 Å². The van der Waals surface area contributed by atoms with Gasteiger partial charge in [0.25, 0.3) is 11.5 Å². The largest absolute Gasteiger partial charge is 0.345 e. The molecule has 0 aliphatic heterocycles.